The molecule has 0 unspecified atom stereocenters. The van der Waals surface area contributed by atoms with Crippen molar-refractivity contribution in [3.63, 3.8) is 0 Å². The molecular weight excluding hydrogens is 398 g/mol. The number of amides is 1. The number of carbonyl (C=O) groups excluding carboxylic acids is 1. The van der Waals surface area contributed by atoms with Gasteiger partial charge in [-0.2, -0.15) is 0 Å². The molecule has 1 aliphatic rings. The normalized spacial score (nSPS) is 17.6. The number of hydrogen-bond acceptors (Lipinski definition) is 4. The van der Waals surface area contributed by atoms with Crippen LogP contribution >= 0.6 is 0 Å². The molecule has 3 rings (SSSR count). The van der Waals surface area contributed by atoms with Gasteiger partial charge in [-0.05, 0) is 48.6 Å². The number of unbranched alkanes of at least 4 members (excludes halogenated alkanes) is 1. The Hall–Kier alpha value is -2.34. The van der Waals surface area contributed by atoms with E-state index >= 15 is 0 Å². The molecule has 0 spiro atoms. The van der Waals surface area contributed by atoms with E-state index in [1.807, 2.05) is 24.3 Å². The first-order valence-electron chi connectivity index (χ1n) is 10.7. The van der Waals surface area contributed by atoms with Crippen molar-refractivity contribution < 1.29 is 17.9 Å². The summed E-state index contributed by atoms with van der Waals surface area (Å²) < 4.78 is 29.9. The summed E-state index contributed by atoms with van der Waals surface area (Å²) >= 11 is 0. The fourth-order valence-electron chi connectivity index (χ4n) is 3.68. The molecule has 1 saturated heterocycles. The van der Waals surface area contributed by atoms with E-state index in [4.69, 9.17) is 4.74 Å². The van der Waals surface area contributed by atoms with Crippen LogP contribution in [0.5, 0.6) is 5.75 Å². The number of sulfone groups is 1. The van der Waals surface area contributed by atoms with Gasteiger partial charge in [-0.25, -0.2) is 8.42 Å². The lowest BCUT2D eigenvalue weighted by Gasteiger charge is -2.29. The van der Waals surface area contributed by atoms with Crippen LogP contribution in [0.3, 0.4) is 0 Å². The fraction of sp³-hybridized carbons (Fsp3) is 0.458. The van der Waals surface area contributed by atoms with Crippen LogP contribution in [0.2, 0.25) is 0 Å². The maximum Gasteiger partial charge on any atom is 0.254 e. The smallest absolute Gasteiger partial charge is 0.254 e. The molecule has 0 aromatic heterocycles. The monoisotopic (exact) mass is 429 g/mol. The first kappa shape index (κ1) is 22.3. The zero-order valence-electron chi connectivity index (χ0n) is 17.8. The Morgan fingerprint density at radius 1 is 1.10 bits per heavy atom. The number of carbonyl (C=O) groups is 1. The van der Waals surface area contributed by atoms with Crippen LogP contribution in [0.4, 0.5) is 0 Å². The molecule has 0 bridgehead atoms. The maximum atomic E-state index is 13.4. The zero-order valence-corrected chi connectivity index (χ0v) is 18.7. The van der Waals surface area contributed by atoms with Gasteiger partial charge in [0.15, 0.2) is 9.84 Å². The van der Waals surface area contributed by atoms with Gasteiger partial charge in [0.1, 0.15) is 5.75 Å². The minimum atomic E-state index is -3.10. The molecule has 0 saturated carbocycles. The summed E-state index contributed by atoms with van der Waals surface area (Å²) in [6.45, 7) is 5.21. The summed E-state index contributed by atoms with van der Waals surface area (Å²) in [7, 11) is -3.10. The van der Waals surface area contributed by atoms with Crippen molar-refractivity contribution >= 4 is 15.7 Å². The summed E-state index contributed by atoms with van der Waals surface area (Å²) in [6.07, 6.45) is 3.43. The van der Waals surface area contributed by atoms with E-state index in [9.17, 15) is 13.2 Å². The van der Waals surface area contributed by atoms with Crippen molar-refractivity contribution in [2.75, 3.05) is 18.1 Å². The molecular formula is C24H31NO4S. The first-order chi connectivity index (χ1) is 14.4. The molecule has 5 nitrogen and oxygen atoms in total. The topological polar surface area (TPSA) is 63.7 Å². The van der Waals surface area contributed by atoms with Gasteiger partial charge in [-0.15, -0.1) is 0 Å². The van der Waals surface area contributed by atoms with Crippen LogP contribution in [0.1, 0.15) is 54.6 Å². The second kappa shape index (κ2) is 10.1. The van der Waals surface area contributed by atoms with E-state index in [1.165, 1.54) is 5.56 Å². The first-order valence-corrected chi connectivity index (χ1v) is 12.6. The predicted molar refractivity (Wildman–Crippen MR) is 120 cm³/mol. The van der Waals surface area contributed by atoms with E-state index in [2.05, 4.69) is 26.0 Å². The molecule has 30 heavy (non-hydrogen) atoms. The average Bonchev–Trinajstić information content (AvgIpc) is 3.12. The highest BCUT2D eigenvalue weighted by Gasteiger charge is 2.35. The van der Waals surface area contributed by atoms with E-state index < -0.39 is 9.84 Å². The quantitative estimate of drug-likeness (QED) is 0.559. The van der Waals surface area contributed by atoms with Crippen LogP contribution in [0.15, 0.2) is 48.5 Å². The minimum Gasteiger partial charge on any atom is -0.494 e. The van der Waals surface area contributed by atoms with Crippen LogP contribution in [0.25, 0.3) is 0 Å². The van der Waals surface area contributed by atoms with Gasteiger partial charge in [0.25, 0.3) is 5.91 Å². The fourth-order valence-corrected chi connectivity index (χ4v) is 5.41. The molecule has 1 aliphatic heterocycles. The molecule has 2 aromatic carbocycles. The van der Waals surface area contributed by atoms with Crippen LogP contribution in [-0.4, -0.2) is 43.4 Å². The molecule has 1 heterocycles. The standard InChI is InChI=1S/C24H31NO4S/c1-3-5-14-29-23-8-6-7-21(16-23)24(26)25(22-13-15-30(27,28)18-22)17-20-11-9-19(4-2)10-12-20/h6-12,16,22H,3-5,13-15,17-18H2,1-2H3/t22-/m0/s1. The third-order valence-electron chi connectivity index (χ3n) is 5.54. The average molecular weight is 430 g/mol. The van der Waals surface area contributed by atoms with Crippen LogP contribution < -0.4 is 4.74 Å². The Balaban J connectivity index is 1.83. The number of benzene rings is 2. The lowest BCUT2D eigenvalue weighted by Crippen LogP contribution is -2.40. The Morgan fingerprint density at radius 2 is 1.83 bits per heavy atom. The van der Waals surface area contributed by atoms with Gasteiger partial charge < -0.3 is 9.64 Å². The molecule has 0 N–H and O–H groups in total. The number of ether oxygens (including phenoxy) is 1. The summed E-state index contributed by atoms with van der Waals surface area (Å²) in [4.78, 5) is 15.1. The second-order valence-corrected chi connectivity index (χ2v) is 10.1. The van der Waals surface area contributed by atoms with Gasteiger partial charge in [0, 0.05) is 18.2 Å². The number of nitrogens with zero attached hydrogens (tertiary/aromatic N) is 1. The molecule has 1 amide bonds. The highest BCUT2D eigenvalue weighted by molar-refractivity contribution is 7.91. The SMILES string of the molecule is CCCCOc1cccc(C(=O)N(Cc2ccc(CC)cc2)[C@H]2CCS(=O)(=O)C2)c1. The van der Waals surface area contributed by atoms with Gasteiger partial charge in [-0.3, -0.25) is 4.79 Å². The number of aryl methyl sites for hydroxylation is 1. The van der Waals surface area contributed by atoms with Crippen molar-refractivity contribution in [3.05, 3.63) is 65.2 Å². The molecule has 6 heteroatoms. The maximum absolute atomic E-state index is 13.4. The molecule has 0 aliphatic carbocycles. The third-order valence-corrected chi connectivity index (χ3v) is 7.29. The molecule has 162 valence electrons. The molecule has 1 atom stereocenters. The van der Waals surface area contributed by atoms with Gasteiger partial charge >= 0.3 is 0 Å². The van der Waals surface area contributed by atoms with E-state index in [0.29, 0.717) is 30.9 Å². The molecule has 2 aromatic rings. The summed E-state index contributed by atoms with van der Waals surface area (Å²) in [5.74, 6) is 0.674. The second-order valence-electron chi connectivity index (χ2n) is 7.89. The lowest BCUT2D eigenvalue weighted by molar-refractivity contribution is 0.0680. The summed E-state index contributed by atoms with van der Waals surface area (Å²) in [5.41, 5.74) is 2.76. The van der Waals surface area contributed by atoms with Crippen LogP contribution in [0, 0.1) is 0 Å². The Kier molecular flexibility index (Phi) is 7.53. The Labute approximate surface area is 180 Å². The molecule has 0 radical (unpaired) electrons. The largest absolute Gasteiger partial charge is 0.494 e. The van der Waals surface area contributed by atoms with Gasteiger partial charge in [0.05, 0.1) is 18.1 Å². The predicted octanol–water partition coefficient (Wildman–Crippen LogP) is 4.26. The molecule has 1 fully saturated rings. The lowest BCUT2D eigenvalue weighted by atomic mass is 10.1. The van der Waals surface area contributed by atoms with Crippen molar-refractivity contribution in [2.45, 2.75) is 52.1 Å². The third kappa shape index (κ3) is 5.85. The Morgan fingerprint density at radius 3 is 2.47 bits per heavy atom. The van der Waals surface area contributed by atoms with Crippen molar-refractivity contribution in [3.8, 4) is 5.75 Å². The van der Waals surface area contributed by atoms with Crippen molar-refractivity contribution in [2.24, 2.45) is 0 Å². The van der Waals surface area contributed by atoms with E-state index in [1.54, 1.807) is 17.0 Å². The summed E-state index contributed by atoms with van der Waals surface area (Å²) in [6, 6.07) is 15.0. The summed E-state index contributed by atoms with van der Waals surface area (Å²) in [5, 5.41) is 0. The number of hydrogen-bond donors (Lipinski definition) is 0. The Bertz CT molecular complexity index is 953. The van der Waals surface area contributed by atoms with Crippen molar-refractivity contribution in [1.29, 1.82) is 0 Å². The van der Waals surface area contributed by atoms with Crippen molar-refractivity contribution in [1.82, 2.24) is 4.90 Å². The minimum absolute atomic E-state index is 0.0263. The highest BCUT2D eigenvalue weighted by atomic mass is 32.2. The van der Waals surface area contributed by atoms with Gasteiger partial charge in [-0.1, -0.05) is 50.6 Å². The zero-order chi connectivity index (χ0) is 21.6. The van der Waals surface area contributed by atoms with Crippen LogP contribution in [-0.2, 0) is 22.8 Å². The highest BCUT2D eigenvalue weighted by Crippen LogP contribution is 2.24. The van der Waals surface area contributed by atoms with E-state index in [-0.39, 0.29) is 23.5 Å². The van der Waals surface area contributed by atoms with E-state index in [0.717, 1.165) is 24.8 Å². The number of rotatable bonds is 9. The van der Waals surface area contributed by atoms with Gasteiger partial charge in [0.2, 0.25) is 0 Å².